The normalized spacial score (nSPS) is 14.1. The number of nitrogens with two attached hydrogens (primary N) is 1. The zero-order valence-electron chi connectivity index (χ0n) is 11.9. The number of rotatable bonds is 5. The number of carbonyl (C=O) groups is 1. The molecule has 1 amide bonds. The molecule has 4 N–H and O–H groups in total. The van der Waals surface area contributed by atoms with Gasteiger partial charge in [-0.2, -0.15) is 0 Å². The molecule has 2 unspecified atom stereocenters. The van der Waals surface area contributed by atoms with Gasteiger partial charge in [0, 0.05) is 6.04 Å². The van der Waals surface area contributed by atoms with Crippen molar-refractivity contribution in [2.75, 3.05) is 0 Å². The monoisotopic (exact) mass is 304 g/mol. The highest BCUT2D eigenvalue weighted by Crippen LogP contribution is 2.18. The molecule has 0 aliphatic rings. The van der Waals surface area contributed by atoms with E-state index in [9.17, 15) is 14.3 Å². The predicted molar refractivity (Wildman–Crippen MR) is 79.1 cm³/mol. The molecule has 0 aliphatic carbocycles. The predicted octanol–water partition coefficient (Wildman–Crippen LogP) is 1.91. The Morgan fingerprint density at radius 3 is 2.35 bits per heavy atom. The van der Waals surface area contributed by atoms with E-state index < -0.39 is 11.6 Å². The second kappa shape index (κ2) is 7.57. The van der Waals surface area contributed by atoms with Crippen molar-refractivity contribution in [3.63, 3.8) is 0 Å². The van der Waals surface area contributed by atoms with Crippen molar-refractivity contribution >= 4 is 18.3 Å². The fourth-order valence-corrected chi connectivity index (χ4v) is 1.62. The van der Waals surface area contributed by atoms with Crippen LogP contribution >= 0.6 is 12.4 Å². The maximum absolute atomic E-state index is 12.8. The molecule has 1 rings (SSSR count). The third kappa shape index (κ3) is 5.86. The number of hydrogen-bond acceptors (Lipinski definition) is 3. The molecule has 2 atom stereocenters. The van der Waals surface area contributed by atoms with Crippen LogP contribution in [0.5, 0.6) is 0 Å². The summed E-state index contributed by atoms with van der Waals surface area (Å²) in [5.41, 5.74) is 5.34. The van der Waals surface area contributed by atoms with Crippen LogP contribution in [0.2, 0.25) is 0 Å². The van der Waals surface area contributed by atoms with Crippen LogP contribution in [0.4, 0.5) is 4.39 Å². The van der Waals surface area contributed by atoms with Crippen molar-refractivity contribution in [3.8, 4) is 0 Å². The first-order valence-corrected chi connectivity index (χ1v) is 6.23. The number of hydrogen-bond donors (Lipinski definition) is 3. The van der Waals surface area contributed by atoms with E-state index >= 15 is 0 Å². The van der Waals surface area contributed by atoms with E-state index in [1.807, 2.05) is 0 Å². The van der Waals surface area contributed by atoms with Crippen molar-refractivity contribution in [3.05, 3.63) is 35.6 Å². The Balaban J connectivity index is 0.00000361. The lowest BCUT2D eigenvalue weighted by molar-refractivity contribution is -0.126. The zero-order valence-corrected chi connectivity index (χ0v) is 12.7. The van der Waals surface area contributed by atoms with Gasteiger partial charge in [-0.3, -0.25) is 4.79 Å². The van der Waals surface area contributed by atoms with E-state index in [0.29, 0.717) is 12.0 Å². The van der Waals surface area contributed by atoms with Gasteiger partial charge in [-0.25, -0.2) is 4.39 Å². The fourth-order valence-electron chi connectivity index (χ4n) is 1.62. The summed E-state index contributed by atoms with van der Waals surface area (Å²) in [5, 5.41) is 12.7. The van der Waals surface area contributed by atoms with Crippen molar-refractivity contribution < 1.29 is 14.3 Å². The molecule has 114 valence electrons. The summed E-state index contributed by atoms with van der Waals surface area (Å²) < 4.78 is 12.8. The zero-order chi connectivity index (χ0) is 14.6. The second-order valence-corrected chi connectivity index (χ2v) is 5.40. The Morgan fingerprint density at radius 2 is 1.90 bits per heavy atom. The van der Waals surface area contributed by atoms with E-state index in [1.165, 1.54) is 24.3 Å². The molecule has 0 spiro atoms. The lowest BCUT2D eigenvalue weighted by Gasteiger charge is -2.23. The highest BCUT2D eigenvalue weighted by Gasteiger charge is 2.24. The van der Waals surface area contributed by atoms with E-state index in [4.69, 9.17) is 5.73 Å². The van der Waals surface area contributed by atoms with Gasteiger partial charge in [0.05, 0.1) is 11.6 Å². The van der Waals surface area contributed by atoms with Crippen LogP contribution < -0.4 is 11.1 Å². The molecule has 4 nitrogen and oxygen atoms in total. The number of amides is 1. The van der Waals surface area contributed by atoms with Gasteiger partial charge < -0.3 is 16.2 Å². The second-order valence-electron chi connectivity index (χ2n) is 5.40. The van der Waals surface area contributed by atoms with Crippen molar-refractivity contribution in [2.45, 2.75) is 44.9 Å². The van der Waals surface area contributed by atoms with Gasteiger partial charge in [0.25, 0.3) is 0 Å². The van der Waals surface area contributed by atoms with E-state index in [2.05, 4.69) is 5.32 Å². The Morgan fingerprint density at radius 1 is 1.40 bits per heavy atom. The molecule has 1 aromatic rings. The highest BCUT2D eigenvalue weighted by atomic mass is 35.5. The molecule has 0 heterocycles. The largest absolute Gasteiger partial charge is 0.388 e. The number of benzene rings is 1. The molecule has 0 radical (unpaired) electrons. The maximum atomic E-state index is 12.8. The van der Waals surface area contributed by atoms with Crippen molar-refractivity contribution in [1.29, 1.82) is 0 Å². The molecule has 0 saturated heterocycles. The smallest absolute Gasteiger partial charge is 0.239 e. The number of aliphatic hydroxyl groups is 1. The van der Waals surface area contributed by atoms with E-state index in [1.54, 1.807) is 20.8 Å². The van der Waals surface area contributed by atoms with Crippen LogP contribution in [0, 0.1) is 5.82 Å². The van der Waals surface area contributed by atoms with Crippen LogP contribution in [0.1, 0.15) is 38.9 Å². The van der Waals surface area contributed by atoms with Crippen LogP contribution in [0.15, 0.2) is 24.3 Å². The highest BCUT2D eigenvalue weighted by molar-refractivity contribution is 5.85. The minimum absolute atomic E-state index is 0. The Kier molecular flexibility index (Phi) is 7.13. The topological polar surface area (TPSA) is 75.3 Å². The Labute approximate surface area is 125 Å². The molecule has 1 aromatic carbocycles. The standard InChI is InChI=1S/C14H21FN2O2.ClH/c1-9(17-13(19)14(2,3)16)8-12(18)10-4-6-11(15)7-5-10;/h4-7,9,12,18H,8,16H2,1-3H3,(H,17,19);1H. The molecule has 0 saturated carbocycles. The first-order valence-electron chi connectivity index (χ1n) is 6.23. The van der Waals surface area contributed by atoms with Crippen LogP contribution in [-0.2, 0) is 4.79 Å². The minimum Gasteiger partial charge on any atom is -0.388 e. The number of nitrogens with one attached hydrogen (secondary N) is 1. The molecule has 6 heteroatoms. The summed E-state index contributed by atoms with van der Waals surface area (Å²) in [5.74, 6) is -0.617. The lowest BCUT2D eigenvalue weighted by Crippen LogP contribution is -2.51. The van der Waals surface area contributed by atoms with Gasteiger partial charge in [0.15, 0.2) is 0 Å². The summed E-state index contributed by atoms with van der Waals surface area (Å²) in [6.45, 7) is 5.02. The fraction of sp³-hybridized carbons (Fsp3) is 0.500. The van der Waals surface area contributed by atoms with Crippen LogP contribution in [-0.4, -0.2) is 22.6 Å². The summed E-state index contributed by atoms with van der Waals surface area (Å²) in [6.07, 6.45) is -0.412. The lowest BCUT2D eigenvalue weighted by atomic mass is 10.0. The number of aliphatic hydroxyl groups excluding tert-OH is 1. The Bertz CT molecular complexity index is 432. The summed E-state index contributed by atoms with van der Waals surface area (Å²) >= 11 is 0. The number of carbonyl (C=O) groups excluding carboxylic acids is 1. The first-order chi connectivity index (χ1) is 8.70. The average Bonchev–Trinajstić information content (AvgIpc) is 2.28. The SMILES string of the molecule is CC(CC(O)c1ccc(F)cc1)NC(=O)C(C)(C)N.Cl. The third-order valence-corrected chi connectivity index (χ3v) is 2.79. The van der Waals surface area contributed by atoms with E-state index in [-0.39, 0.29) is 30.2 Å². The molecule has 0 aliphatic heterocycles. The average molecular weight is 305 g/mol. The van der Waals surface area contributed by atoms with Crippen LogP contribution in [0.25, 0.3) is 0 Å². The third-order valence-electron chi connectivity index (χ3n) is 2.79. The Hall–Kier alpha value is -1.17. The quantitative estimate of drug-likeness (QED) is 0.778. The van der Waals surface area contributed by atoms with Gasteiger partial charge in [0.1, 0.15) is 5.82 Å². The van der Waals surface area contributed by atoms with Gasteiger partial charge >= 0.3 is 0 Å². The summed E-state index contributed by atoms with van der Waals surface area (Å²) in [4.78, 5) is 11.7. The van der Waals surface area contributed by atoms with Gasteiger partial charge in [-0.1, -0.05) is 12.1 Å². The summed E-state index contributed by atoms with van der Waals surface area (Å²) in [6, 6.07) is 5.42. The first kappa shape index (κ1) is 18.8. The molecule has 20 heavy (non-hydrogen) atoms. The molecule has 0 aromatic heterocycles. The molecular weight excluding hydrogens is 283 g/mol. The van der Waals surface area contributed by atoms with Crippen LogP contribution in [0.3, 0.4) is 0 Å². The molecule has 0 fully saturated rings. The van der Waals surface area contributed by atoms with E-state index in [0.717, 1.165) is 0 Å². The van der Waals surface area contributed by atoms with Crippen molar-refractivity contribution in [1.82, 2.24) is 5.32 Å². The molecule has 0 bridgehead atoms. The number of halogens is 2. The molecular formula is C14H22ClFN2O2. The minimum atomic E-state index is -0.949. The van der Waals surface area contributed by atoms with Gasteiger partial charge in [-0.05, 0) is 44.9 Å². The van der Waals surface area contributed by atoms with Gasteiger partial charge in [-0.15, -0.1) is 12.4 Å². The maximum Gasteiger partial charge on any atom is 0.239 e. The summed E-state index contributed by atoms with van der Waals surface area (Å²) in [7, 11) is 0. The van der Waals surface area contributed by atoms with Gasteiger partial charge in [0.2, 0.25) is 5.91 Å². The van der Waals surface area contributed by atoms with Crippen molar-refractivity contribution in [2.24, 2.45) is 5.73 Å².